The first-order valence-electron chi connectivity index (χ1n) is 6.54. The van der Waals surface area contributed by atoms with Crippen LogP contribution in [0.5, 0.6) is 17.2 Å². The van der Waals surface area contributed by atoms with Crippen LogP contribution in [-0.2, 0) is 0 Å². The number of aldehydes is 1. The van der Waals surface area contributed by atoms with E-state index in [-0.39, 0.29) is 0 Å². The number of carbonyl (C=O) groups excluding carboxylic acids is 1. The Balaban J connectivity index is 2.63. The molecule has 0 radical (unpaired) electrons. The van der Waals surface area contributed by atoms with Gasteiger partial charge in [0.15, 0.2) is 17.8 Å². The van der Waals surface area contributed by atoms with Crippen molar-refractivity contribution in [3.63, 3.8) is 0 Å². The molecule has 1 aliphatic rings. The van der Waals surface area contributed by atoms with Crippen LogP contribution in [0.2, 0.25) is 0 Å². The second-order valence-electron chi connectivity index (χ2n) is 4.75. The SMILES string of the molecule is COc1cc(C=O)c(OC)c(OC)c1C1CCCC1. The summed E-state index contributed by atoms with van der Waals surface area (Å²) in [4.78, 5) is 11.2. The summed E-state index contributed by atoms with van der Waals surface area (Å²) in [5.74, 6) is 2.27. The molecule has 0 amide bonds. The lowest BCUT2D eigenvalue weighted by molar-refractivity contribution is 0.111. The van der Waals surface area contributed by atoms with Crippen molar-refractivity contribution in [1.29, 1.82) is 0 Å². The highest BCUT2D eigenvalue weighted by molar-refractivity contribution is 5.83. The molecule has 0 heterocycles. The summed E-state index contributed by atoms with van der Waals surface area (Å²) in [6, 6.07) is 1.74. The third kappa shape index (κ3) is 2.39. The predicted octanol–water partition coefficient (Wildman–Crippen LogP) is 3.18. The monoisotopic (exact) mass is 264 g/mol. The first-order valence-corrected chi connectivity index (χ1v) is 6.54. The minimum Gasteiger partial charge on any atom is -0.496 e. The number of methoxy groups -OCH3 is 3. The van der Waals surface area contributed by atoms with Gasteiger partial charge in [0.2, 0.25) is 0 Å². The lowest BCUT2D eigenvalue weighted by Crippen LogP contribution is -2.05. The first-order chi connectivity index (χ1) is 9.26. The Morgan fingerprint density at radius 1 is 1.05 bits per heavy atom. The third-order valence-corrected chi connectivity index (χ3v) is 3.78. The lowest BCUT2D eigenvalue weighted by Gasteiger charge is -2.21. The molecular weight excluding hydrogens is 244 g/mol. The Bertz CT molecular complexity index is 462. The van der Waals surface area contributed by atoms with E-state index < -0.39 is 0 Å². The van der Waals surface area contributed by atoms with Crippen LogP contribution < -0.4 is 14.2 Å². The van der Waals surface area contributed by atoms with Crippen molar-refractivity contribution in [2.45, 2.75) is 31.6 Å². The average molecular weight is 264 g/mol. The maximum Gasteiger partial charge on any atom is 0.171 e. The lowest BCUT2D eigenvalue weighted by atomic mass is 9.93. The van der Waals surface area contributed by atoms with Gasteiger partial charge in [-0.15, -0.1) is 0 Å². The van der Waals surface area contributed by atoms with E-state index in [1.165, 1.54) is 12.8 Å². The van der Waals surface area contributed by atoms with E-state index in [0.717, 1.165) is 24.7 Å². The van der Waals surface area contributed by atoms with Gasteiger partial charge in [-0.1, -0.05) is 12.8 Å². The molecule has 4 nitrogen and oxygen atoms in total. The summed E-state index contributed by atoms with van der Waals surface area (Å²) in [5, 5.41) is 0. The van der Waals surface area contributed by atoms with E-state index in [1.807, 2.05) is 0 Å². The topological polar surface area (TPSA) is 44.8 Å². The predicted molar refractivity (Wildman–Crippen MR) is 72.7 cm³/mol. The number of ether oxygens (including phenoxy) is 3. The van der Waals surface area contributed by atoms with Gasteiger partial charge in [-0.3, -0.25) is 4.79 Å². The number of benzene rings is 1. The minimum atomic E-state index is 0.416. The fraction of sp³-hybridized carbons (Fsp3) is 0.533. The highest BCUT2D eigenvalue weighted by Crippen LogP contribution is 2.48. The number of hydrogen-bond donors (Lipinski definition) is 0. The maximum atomic E-state index is 11.2. The quantitative estimate of drug-likeness (QED) is 0.766. The molecule has 1 aliphatic carbocycles. The molecule has 0 bridgehead atoms. The van der Waals surface area contributed by atoms with Gasteiger partial charge >= 0.3 is 0 Å². The summed E-state index contributed by atoms with van der Waals surface area (Å²) < 4.78 is 16.3. The zero-order valence-electron chi connectivity index (χ0n) is 11.7. The van der Waals surface area contributed by atoms with E-state index in [2.05, 4.69) is 0 Å². The van der Waals surface area contributed by atoms with Gasteiger partial charge in [0.25, 0.3) is 0 Å². The summed E-state index contributed by atoms with van der Waals surface area (Å²) in [5.41, 5.74) is 1.49. The Labute approximate surface area is 113 Å². The highest BCUT2D eigenvalue weighted by atomic mass is 16.5. The van der Waals surface area contributed by atoms with E-state index in [1.54, 1.807) is 27.4 Å². The summed E-state index contributed by atoms with van der Waals surface area (Å²) in [7, 11) is 4.77. The van der Waals surface area contributed by atoms with Gasteiger partial charge in [-0.05, 0) is 24.8 Å². The molecule has 1 saturated carbocycles. The Kier molecular flexibility index (Phi) is 4.30. The number of carbonyl (C=O) groups is 1. The zero-order chi connectivity index (χ0) is 13.8. The van der Waals surface area contributed by atoms with Crippen LogP contribution in [0.15, 0.2) is 6.07 Å². The summed E-state index contributed by atoms with van der Waals surface area (Å²) in [6.07, 6.45) is 5.44. The fourth-order valence-electron chi connectivity index (χ4n) is 2.92. The molecule has 0 spiro atoms. The van der Waals surface area contributed by atoms with Crippen molar-refractivity contribution in [2.24, 2.45) is 0 Å². The van der Waals surface area contributed by atoms with E-state index >= 15 is 0 Å². The molecule has 1 aromatic carbocycles. The molecule has 0 saturated heterocycles. The highest BCUT2D eigenvalue weighted by Gasteiger charge is 2.28. The first kappa shape index (κ1) is 13.7. The van der Waals surface area contributed by atoms with Gasteiger partial charge < -0.3 is 14.2 Å². The molecular formula is C15H20O4. The van der Waals surface area contributed by atoms with Crippen molar-refractivity contribution >= 4 is 6.29 Å². The van der Waals surface area contributed by atoms with Crippen LogP contribution in [0.25, 0.3) is 0 Å². The van der Waals surface area contributed by atoms with Gasteiger partial charge in [0.1, 0.15) is 5.75 Å². The molecule has 0 atom stereocenters. The second-order valence-corrected chi connectivity index (χ2v) is 4.75. The summed E-state index contributed by atoms with van der Waals surface area (Å²) in [6.45, 7) is 0. The van der Waals surface area contributed by atoms with Gasteiger partial charge in [0.05, 0.1) is 26.9 Å². The second kappa shape index (κ2) is 5.95. The molecule has 0 aliphatic heterocycles. The third-order valence-electron chi connectivity index (χ3n) is 3.78. The van der Waals surface area contributed by atoms with Crippen molar-refractivity contribution in [2.75, 3.05) is 21.3 Å². The average Bonchev–Trinajstić information content (AvgIpc) is 2.98. The van der Waals surface area contributed by atoms with E-state index in [0.29, 0.717) is 28.7 Å². The number of rotatable bonds is 5. The smallest absolute Gasteiger partial charge is 0.171 e. The molecule has 1 fully saturated rings. The zero-order valence-corrected chi connectivity index (χ0v) is 11.7. The van der Waals surface area contributed by atoms with Crippen molar-refractivity contribution < 1.29 is 19.0 Å². The number of hydrogen-bond acceptors (Lipinski definition) is 4. The van der Waals surface area contributed by atoms with E-state index in [9.17, 15) is 4.79 Å². The molecule has 19 heavy (non-hydrogen) atoms. The molecule has 104 valence electrons. The molecule has 0 N–H and O–H groups in total. The van der Waals surface area contributed by atoms with Crippen LogP contribution in [0.1, 0.15) is 47.5 Å². The van der Waals surface area contributed by atoms with Gasteiger partial charge in [-0.25, -0.2) is 0 Å². The molecule has 0 unspecified atom stereocenters. The molecule has 2 rings (SSSR count). The Morgan fingerprint density at radius 3 is 2.16 bits per heavy atom. The largest absolute Gasteiger partial charge is 0.496 e. The molecule has 1 aromatic rings. The van der Waals surface area contributed by atoms with Gasteiger partial charge in [-0.2, -0.15) is 0 Å². The van der Waals surface area contributed by atoms with Crippen LogP contribution in [0.4, 0.5) is 0 Å². The van der Waals surface area contributed by atoms with Crippen LogP contribution >= 0.6 is 0 Å². The van der Waals surface area contributed by atoms with Crippen LogP contribution in [0.3, 0.4) is 0 Å². The minimum absolute atomic E-state index is 0.416. The summed E-state index contributed by atoms with van der Waals surface area (Å²) >= 11 is 0. The van der Waals surface area contributed by atoms with Crippen molar-refractivity contribution in [1.82, 2.24) is 0 Å². The van der Waals surface area contributed by atoms with Crippen LogP contribution in [-0.4, -0.2) is 27.6 Å². The van der Waals surface area contributed by atoms with Gasteiger partial charge in [0, 0.05) is 5.56 Å². The normalized spacial score (nSPS) is 15.3. The standard InChI is InChI=1S/C15H20O4/c1-17-12-8-11(9-16)14(18-2)15(19-3)13(12)10-6-4-5-7-10/h8-10H,4-7H2,1-3H3. The maximum absolute atomic E-state index is 11.2. The van der Waals surface area contributed by atoms with Crippen molar-refractivity contribution in [3.05, 3.63) is 17.2 Å². The fourth-order valence-corrected chi connectivity index (χ4v) is 2.92. The van der Waals surface area contributed by atoms with E-state index in [4.69, 9.17) is 14.2 Å². The van der Waals surface area contributed by atoms with Crippen LogP contribution in [0, 0.1) is 0 Å². The van der Waals surface area contributed by atoms with Crippen molar-refractivity contribution in [3.8, 4) is 17.2 Å². The Hall–Kier alpha value is -1.71. The molecule has 0 aromatic heterocycles. The molecule has 4 heteroatoms. The Morgan fingerprint density at radius 2 is 1.68 bits per heavy atom.